The van der Waals surface area contributed by atoms with Gasteiger partial charge in [0.15, 0.2) is 0 Å². The number of benzene rings is 1. The summed E-state index contributed by atoms with van der Waals surface area (Å²) in [6.45, 7) is 0. The van der Waals surface area contributed by atoms with Crippen LogP contribution in [-0.2, 0) is 0 Å². The number of anilines is 2. The van der Waals surface area contributed by atoms with Gasteiger partial charge >= 0.3 is 0 Å². The van der Waals surface area contributed by atoms with Gasteiger partial charge in [-0.2, -0.15) is 4.39 Å². The molecular formula is C12H10ClFN2O. The van der Waals surface area contributed by atoms with Crippen LogP contribution in [0, 0.1) is 5.95 Å². The summed E-state index contributed by atoms with van der Waals surface area (Å²) in [4.78, 5) is 3.69. The molecule has 0 amide bonds. The molecule has 0 spiro atoms. The predicted octanol–water partition coefficient (Wildman–Crippen LogP) is 3.63. The van der Waals surface area contributed by atoms with Crippen molar-refractivity contribution >= 4 is 23.1 Å². The van der Waals surface area contributed by atoms with E-state index in [2.05, 4.69) is 10.3 Å². The van der Waals surface area contributed by atoms with Gasteiger partial charge < -0.3 is 10.1 Å². The fourth-order valence-electron chi connectivity index (χ4n) is 1.37. The van der Waals surface area contributed by atoms with Gasteiger partial charge in [-0.05, 0) is 30.3 Å². The second-order valence-corrected chi connectivity index (χ2v) is 3.73. The third kappa shape index (κ3) is 2.85. The van der Waals surface area contributed by atoms with Gasteiger partial charge in [0.2, 0.25) is 5.95 Å². The highest BCUT2D eigenvalue weighted by Crippen LogP contribution is 2.28. The molecule has 88 valence electrons. The van der Waals surface area contributed by atoms with Gasteiger partial charge in [-0.3, -0.25) is 0 Å². The molecule has 0 aliphatic rings. The molecule has 0 fully saturated rings. The molecule has 5 heteroatoms. The molecule has 0 unspecified atom stereocenters. The van der Waals surface area contributed by atoms with Crippen LogP contribution in [0.15, 0.2) is 36.4 Å². The van der Waals surface area contributed by atoms with Crippen LogP contribution >= 0.6 is 11.6 Å². The molecule has 0 saturated heterocycles. The molecule has 1 aromatic heterocycles. The van der Waals surface area contributed by atoms with Crippen molar-refractivity contribution in [2.24, 2.45) is 0 Å². The van der Waals surface area contributed by atoms with E-state index in [0.717, 1.165) is 0 Å². The van der Waals surface area contributed by atoms with Crippen molar-refractivity contribution < 1.29 is 9.13 Å². The maximum Gasteiger partial charge on any atom is 0.214 e. The smallest absolute Gasteiger partial charge is 0.214 e. The summed E-state index contributed by atoms with van der Waals surface area (Å²) >= 11 is 5.97. The lowest BCUT2D eigenvalue weighted by Crippen LogP contribution is -1.95. The molecule has 1 aromatic carbocycles. The lowest BCUT2D eigenvalue weighted by atomic mass is 10.3. The van der Waals surface area contributed by atoms with Crippen molar-refractivity contribution in [3.63, 3.8) is 0 Å². The quantitative estimate of drug-likeness (QED) is 0.847. The zero-order valence-electron chi connectivity index (χ0n) is 9.08. The molecular weight excluding hydrogens is 243 g/mol. The van der Waals surface area contributed by atoms with Gasteiger partial charge in [0.05, 0.1) is 12.1 Å². The van der Waals surface area contributed by atoms with Crippen molar-refractivity contribution in [2.75, 3.05) is 12.4 Å². The summed E-state index contributed by atoms with van der Waals surface area (Å²) < 4.78 is 17.9. The Morgan fingerprint density at radius 2 is 2.12 bits per heavy atom. The van der Waals surface area contributed by atoms with E-state index in [9.17, 15) is 4.39 Å². The van der Waals surface area contributed by atoms with Crippen LogP contribution in [0.25, 0.3) is 0 Å². The maximum absolute atomic E-state index is 12.9. The Morgan fingerprint density at radius 1 is 1.29 bits per heavy atom. The Balaban J connectivity index is 2.22. The van der Waals surface area contributed by atoms with Gasteiger partial charge in [-0.15, -0.1) is 0 Å². The average Bonchev–Trinajstić information content (AvgIpc) is 2.29. The molecule has 2 rings (SSSR count). The first-order valence-corrected chi connectivity index (χ1v) is 5.30. The Bertz CT molecular complexity index is 534. The molecule has 0 aliphatic heterocycles. The highest BCUT2D eigenvalue weighted by atomic mass is 35.5. The van der Waals surface area contributed by atoms with Crippen LogP contribution in [-0.4, -0.2) is 12.1 Å². The largest absolute Gasteiger partial charge is 0.495 e. The summed E-state index contributed by atoms with van der Waals surface area (Å²) in [5.41, 5.74) is 0.717. The zero-order valence-corrected chi connectivity index (χ0v) is 9.83. The fraction of sp³-hybridized carbons (Fsp3) is 0.0833. The molecule has 0 saturated carbocycles. The second kappa shape index (κ2) is 5.01. The molecule has 0 bridgehead atoms. The molecule has 17 heavy (non-hydrogen) atoms. The van der Waals surface area contributed by atoms with Crippen molar-refractivity contribution in [1.82, 2.24) is 4.98 Å². The van der Waals surface area contributed by atoms with E-state index in [4.69, 9.17) is 16.3 Å². The number of ether oxygens (including phenoxy) is 1. The maximum atomic E-state index is 12.9. The van der Waals surface area contributed by atoms with Crippen LogP contribution in [0.1, 0.15) is 0 Å². The normalized spacial score (nSPS) is 10.1. The van der Waals surface area contributed by atoms with E-state index in [-0.39, 0.29) is 0 Å². The first-order chi connectivity index (χ1) is 8.19. The van der Waals surface area contributed by atoms with Gasteiger partial charge in [-0.25, -0.2) is 4.98 Å². The van der Waals surface area contributed by atoms with Gasteiger partial charge in [0.1, 0.15) is 11.6 Å². The highest BCUT2D eigenvalue weighted by molar-refractivity contribution is 6.32. The lowest BCUT2D eigenvalue weighted by molar-refractivity contribution is 0.415. The van der Waals surface area contributed by atoms with Crippen LogP contribution in [0.5, 0.6) is 5.75 Å². The number of pyridine rings is 1. The van der Waals surface area contributed by atoms with E-state index in [1.807, 2.05) is 0 Å². The average molecular weight is 253 g/mol. The van der Waals surface area contributed by atoms with Gasteiger partial charge in [-0.1, -0.05) is 17.7 Å². The molecule has 0 radical (unpaired) electrons. The number of nitrogens with zero attached hydrogens (tertiary/aromatic N) is 1. The first kappa shape index (κ1) is 11.7. The third-order valence-corrected chi connectivity index (χ3v) is 2.43. The number of methoxy groups -OCH3 is 1. The highest BCUT2D eigenvalue weighted by Gasteiger charge is 2.03. The predicted molar refractivity (Wildman–Crippen MR) is 65.5 cm³/mol. The Kier molecular flexibility index (Phi) is 3.44. The number of hydrogen-bond donors (Lipinski definition) is 1. The minimum Gasteiger partial charge on any atom is -0.495 e. The minimum absolute atomic E-state index is 0.422. The van der Waals surface area contributed by atoms with Crippen LogP contribution < -0.4 is 10.1 Å². The van der Waals surface area contributed by atoms with Crippen LogP contribution in [0.4, 0.5) is 15.9 Å². The minimum atomic E-state index is -0.533. The van der Waals surface area contributed by atoms with E-state index >= 15 is 0 Å². The summed E-state index contributed by atoms with van der Waals surface area (Å²) in [6.07, 6.45) is 0. The number of aromatic nitrogens is 1. The van der Waals surface area contributed by atoms with E-state index < -0.39 is 5.95 Å². The van der Waals surface area contributed by atoms with Crippen molar-refractivity contribution in [2.45, 2.75) is 0 Å². The standard InChI is InChI=1S/C12H10ClFN2O/c1-17-10-6-5-8(7-9(10)13)15-12-4-2-3-11(14)16-12/h2-7H,1H3,(H,15,16). The van der Waals surface area contributed by atoms with E-state index in [0.29, 0.717) is 22.3 Å². The Morgan fingerprint density at radius 3 is 2.76 bits per heavy atom. The molecule has 3 nitrogen and oxygen atoms in total. The molecule has 0 aliphatic carbocycles. The van der Waals surface area contributed by atoms with Gasteiger partial charge in [0.25, 0.3) is 0 Å². The SMILES string of the molecule is COc1ccc(Nc2cccc(F)n2)cc1Cl. The molecule has 2 aromatic rings. The zero-order chi connectivity index (χ0) is 12.3. The Hall–Kier alpha value is -1.81. The Labute approximate surface area is 103 Å². The van der Waals surface area contributed by atoms with Gasteiger partial charge in [0, 0.05) is 5.69 Å². The summed E-state index contributed by atoms with van der Waals surface area (Å²) in [5.74, 6) is 0.477. The topological polar surface area (TPSA) is 34.1 Å². The molecule has 1 heterocycles. The number of nitrogens with one attached hydrogen (secondary N) is 1. The number of rotatable bonds is 3. The summed E-state index contributed by atoms with van der Waals surface area (Å²) in [5, 5.41) is 3.43. The van der Waals surface area contributed by atoms with Crippen LogP contribution in [0.3, 0.4) is 0 Å². The number of hydrogen-bond acceptors (Lipinski definition) is 3. The van der Waals surface area contributed by atoms with Crippen molar-refractivity contribution in [3.05, 3.63) is 47.4 Å². The number of halogens is 2. The van der Waals surface area contributed by atoms with Crippen LogP contribution in [0.2, 0.25) is 5.02 Å². The molecule has 0 atom stereocenters. The summed E-state index contributed by atoms with van der Waals surface area (Å²) in [6, 6.07) is 9.72. The second-order valence-electron chi connectivity index (χ2n) is 3.32. The van der Waals surface area contributed by atoms with E-state index in [1.54, 1.807) is 37.4 Å². The monoisotopic (exact) mass is 252 g/mol. The lowest BCUT2D eigenvalue weighted by Gasteiger charge is -2.08. The van der Waals surface area contributed by atoms with Crippen molar-refractivity contribution in [3.8, 4) is 5.75 Å². The summed E-state index contributed by atoms with van der Waals surface area (Å²) in [7, 11) is 1.54. The third-order valence-electron chi connectivity index (χ3n) is 2.14. The van der Waals surface area contributed by atoms with Crippen molar-refractivity contribution in [1.29, 1.82) is 0 Å². The first-order valence-electron chi connectivity index (χ1n) is 4.92. The molecule has 1 N–H and O–H groups in total. The van der Waals surface area contributed by atoms with E-state index in [1.165, 1.54) is 6.07 Å². The fourth-order valence-corrected chi connectivity index (χ4v) is 1.63.